The molecule has 244 valence electrons. The summed E-state index contributed by atoms with van der Waals surface area (Å²) in [6, 6.07) is -1.05. The molecule has 0 fully saturated rings. The molecule has 2 atom stereocenters. The van der Waals surface area contributed by atoms with Crippen molar-refractivity contribution in [3.05, 3.63) is 12.2 Å². The Bertz CT molecular complexity index is 710. The number of aliphatic hydroxyl groups excluding tert-OH is 1. The monoisotopic (exact) mass is 601 g/mol. The van der Waals surface area contributed by atoms with Crippen molar-refractivity contribution in [2.45, 2.75) is 193 Å². The van der Waals surface area contributed by atoms with Gasteiger partial charge < -0.3 is 10.4 Å². The van der Waals surface area contributed by atoms with Crippen molar-refractivity contribution in [1.29, 1.82) is 0 Å². The van der Waals surface area contributed by atoms with Gasteiger partial charge in [-0.3, -0.25) is 9.35 Å². The molecular formula is C34H67NO5S. The lowest BCUT2D eigenvalue weighted by molar-refractivity contribution is -0.122. The number of amides is 1. The fourth-order valence-electron chi connectivity index (χ4n) is 5.33. The number of rotatable bonds is 31. The van der Waals surface area contributed by atoms with Gasteiger partial charge in [-0.15, -0.1) is 0 Å². The Hall–Kier alpha value is -0.920. The van der Waals surface area contributed by atoms with Gasteiger partial charge in [0.1, 0.15) is 0 Å². The highest BCUT2D eigenvalue weighted by Crippen LogP contribution is 2.14. The minimum Gasteiger partial charge on any atom is -0.387 e. The molecule has 0 bridgehead atoms. The van der Waals surface area contributed by atoms with Gasteiger partial charge in [-0.25, -0.2) is 0 Å². The van der Waals surface area contributed by atoms with Crippen LogP contribution in [0.3, 0.4) is 0 Å². The van der Waals surface area contributed by atoms with E-state index in [1.807, 2.05) is 6.08 Å². The zero-order valence-corrected chi connectivity index (χ0v) is 27.7. The second-order valence-electron chi connectivity index (χ2n) is 12.2. The molecule has 0 heterocycles. The molecule has 0 radical (unpaired) electrons. The maximum absolute atomic E-state index is 12.4. The largest absolute Gasteiger partial charge is 0.387 e. The van der Waals surface area contributed by atoms with Crippen molar-refractivity contribution in [2.24, 2.45) is 0 Å². The van der Waals surface area contributed by atoms with E-state index < -0.39 is 28.0 Å². The third kappa shape index (κ3) is 30.3. The van der Waals surface area contributed by atoms with Crippen LogP contribution in [-0.4, -0.2) is 41.9 Å². The third-order valence-electron chi connectivity index (χ3n) is 7.96. The normalized spacial score (nSPS) is 13.6. The van der Waals surface area contributed by atoms with Gasteiger partial charge in [0.25, 0.3) is 10.1 Å². The number of allylic oxidation sites excluding steroid dienone is 1. The molecular weight excluding hydrogens is 534 g/mol. The average molecular weight is 602 g/mol. The van der Waals surface area contributed by atoms with Crippen LogP contribution in [0.15, 0.2) is 12.2 Å². The molecule has 0 aromatic carbocycles. The molecule has 6 nitrogen and oxygen atoms in total. The molecule has 0 saturated heterocycles. The van der Waals surface area contributed by atoms with Gasteiger partial charge >= 0.3 is 0 Å². The van der Waals surface area contributed by atoms with E-state index in [1.54, 1.807) is 6.08 Å². The van der Waals surface area contributed by atoms with E-state index in [1.165, 1.54) is 122 Å². The van der Waals surface area contributed by atoms with Crippen LogP contribution in [0.4, 0.5) is 0 Å². The SMILES string of the molecule is CCCCCCCCCCCCCC/C=C/C(O)C(CS(=O)(=O)O)NC(=O)CCCCCCCCCCCCCC. The molecule has 0 aliphatic heterocycles. The molecule has 7 heteroatoms. The van der Waals surface area contributed by atoms with Crippen LogP contribution in [0, 0.1) is 0 Å². The Kier molecular flexibility index (Phi) is 28.5. The van der Waals surface area contributed by atoms with E-state index in [0.717, 1.165) is 38.5 Å². The number of aliphatic hydroxyl groups is 1. The lowest BCUT2D eigenvalue weighted by Gasteiger charge is -2.21. The van der Waals surface area contributed by atoms with Crippen LogP contribution in [-0.2, 0) is 14.9 Å². The number of hydrogen-bond acceptors (Lipinski definition) is 4. The number of unbranched alkanes of at least 4 members (excludes halogenated alkanes) is 23. The topological polar surface area (TPSA) is 104 Å². The molecule has 0 spiro atoms. The van der Waals surface area contributed by atoms with Gasteiger partial charge in [0.15, 0.2) is 0 Å². The number of carbonyl (C=O) groups is 1. The van der Waals surface area contributed by atoms with Crippen molar-refractivity contribution in [3.8, 4) is 0 Å². The van der Waals surface area contributed by atoms with Crippen molar-refractivity contribution < 1.29 is 22.9 Å². The maximum Gasteiger partial charge on any atom is 0.267 e. The molecule has 41 heavy (non-hydrogen) atoms. The van der Waals surface area contributed by atoms with Crippen LogP contribution >= 0.6 is 0 Å². The van der Waals surface area contributed by atoms with Crippen molar-refractivity contribution >= 4 is 16.0 Å². The summed E-state index contributed by atoms with van der Waals surface area (Å²) in [4.78, 5) is 12.4. The molecule has 1 amide bonds. The van der Waals surface area contributed by atoms with Gasteiger partial charge in [-0.1, -0.05) is 167 Å². The van der Waals surface area contributed by atoms with Crippen LogP contribution in [0.5, 0.6) is 0 Å². The summed E-state index contributed by atoms with van der Waals surface area (Å²) in [5.74, 6) is -0.972. The minimum atomic E-state index is -4.33. The molecule has 0 aliphatic rings. The molecule has 0 aromatic rings. The Morgan fingerprint density at radius 3 is 1.39 bits per heavy atom. The summed E-state index contributed by atoms with van der Waals surface area (Å²) >= 11 is 0. The lowest BCUT2D eigenvalue weighted by Crippen LogP contribution is -2.46. The smallest absolute Gasteiger partial charge is 0.267 e. The van der Waals surface area contributed by atoms with Crippen molar-refractivity contribution in [2.75, 3.05) is 5.75 Å². The van der Waals surface area contributed by atoms with Gasteiger partial charge in [-0.05, 0) is 19.3 Å². The molecule has 0 aromatic heterocycles. The minimum absolute atomic E-state index is 0.279. The predicted molar refractivity (Wildman–Crippen MR) is 175 cm³/mol. The Morgan fingerprint density at radius 1 is 0.634 bits per heavy atom. The number of carbonyl (C=O) groups excluding carboxylic acids is 1. The first-order valence-corrected chi connectivity index (χ1v) is 19.0. The third-order valence-corrected chi connectivity index (χ3v) is 8.74. The summed E-state index contributed by atoms with van der Waals surface area (Å²) in [6.45, 7) is 4.49. The summed E-state index contributed by atoms with van der Waals surface area (Å²) in [7, 11) is -4.33. The summed E-state index contributed by atoms with van der Waals surface area (Å²) in [5, 5.41) is 13.1. The Balaban J connectivity index is 4.01. The van der Waals surface area contributed by atoms with Crippen LogP contribution in [0.1, 0.15) is 181 Å². The zero-order chi connectivity index (χ0) is 30.4. The summed E-state index contributed by atoms with van der Waals surface area (Å²) < 4.78 is 32.3. The Labute approximate surface area is 254 Å². The van der Waals surface area contributed by atoms with Gasteiger partial charge in [0.2, 0.25) is 5.91 Å². The molecule has 0 rings (SSSR count). The van der Waals surface area contributed by atoms with E-state index in [2.05, 4.69) is 19.2 Å². The molecule has 3 N–H and O–H groups in total. The highest BCUT2D eigenvalue weighted by atomic mass is 32.2. The maximum atomic E-state index is 12.4. The fourth-order valence-corrected chi connectivity index (χ4v) is 6.07. The van der Waals surface area contributed by atoms with E-state index in [-0.39, 0.29) is 5.91 Å². The Morgan fingerprint density at radius 2 is 1.00 bits per heavy atom. The molecule has 0 aliphatic carbocycles. The van der Waals surface area contributed by atoms with Gasteiger partial charge in [0.05, 0.1) is 17.9 Å². The van der Waals surface area contributed by atoms with E-state index in [0.29, 0.717) is 6.42 Å². The molecule has 2 unspecified atom stereocenters. The first kappa shape index (κ1) is 40.1. The highest BCUT2D eigenvalue weighted by molar-refractivity contribution is 7.85. The average Bonchev–Trinajstić information content (AvgIpc) is 2.92. The van der Waals surface area contributed by atoms with E-state index >= 15 is 0 Å². The van der Waals surface area contributed by atoms with Gasteiger partial charge in [-0.2, -0.15) is 8.42 Å². The van der Waals surface area contributed by atoms with Gasteiger partial charge in [0, 0.05) is 6.42 Å². The predicted octanol–water partition coefficient (Wildman–Crippen LogP) is 9.46. The van der Waals surface area contributed by atoms with Crippen molar-refractivity contribution in [3.63, 3.8) is 0 Å². The zero-order valence-electron chi connectivity index (χ0n) is 26.9. The van der Waals surface area contributed by atoms with Crippen LogP contribution in [0.25, 0.3) is 0 Å². The first-order valence-electron chi connectivity index (χ1n) is 17.4. The van der Waals surface area contributed by atoms with Crippen LogP contribution < -0.4 is 5.32 Å². The van der Waals surface area contributed by atoms with Crippen LogP contribution in [0.2, 0.25) is 0 Å². The highest BCUT2D eigenvalue weighted by Gasteiger charge is 2.24. The fraction of sp³-hybridized carbons (Fsp3) is 0.912. The number of nitrogens with one attached hydrogen (secondary N) is 1. The standard InChI is InChI=1S/C34H67NO5S/c1-3-5-7-9-11-13-15-17-18-19-21-23-25-27-29-33(36)32(31-41(38,39)40)35-34(37)30-28-26-24-22-20-16-14-12-10-8-6-4-2/h27,29,32-33,36H,3-26,28,30-31H2,1-2H3,(H,35,37)(H,38,39,40)/b29-27+. The number of hydrogen-bond donors (Lipinski definition) is 3. The van der Waals surface area contributed by atoms with E-state index in [4.69, 9.17) is 0 Å². The second kappa shape index (κ2) is 29.2. The second-order valence-corrected chi connectivity index (χ2v) is 13.7. The lowest BCUT2D eigenvalue weighted by atomic mass is 10.0. The van der Waals surface area contributed by atoms with Crippen molar-refractivity contribution in [1.82, 2.24) is 5.32 Å². The first-order chi connectivity index (χ1) is 19.8. The quantitative estimate of drug-likeness (QED) is 0.0417. The van der Waals surface area contributed by atoms with E-state index in [9.17, 15) is 22.9 Å². The summed E-state index contributed by atoms with van der Waals surface area (Å²) in [5.41, 5.74) is 0. The summed E-state index contributed by atoms with van der Waals surface area (Å²) in [6.07, 6.45) is 33.3. The molecule has 0 saturated carbocycles.